The summed E-state index contributed by atoms with van der Waals surface area (Å²) < 4.78 is 52.4. The zero-order chi connectivity index (χ0) is 25.3. The maximum absolute atomic E-state index is 14.0. The highest BCUT2D eigenvalue weighted by atomic mass is 32.2. The summed E-state index contributed by atoms with van der Waals surface area (Å²) in [5, 5.41) is 8.01. The van der Waals surface area contributed by atoms with Gasteiger partial charge in [-0.05, 0) is 52.3 Å². The minimum atomic E-state index is -4.26. The molecule has 4 rings (SSSR count). The number of aryl methyl sites for hydroxylation is 3. The van der Waals surface area contributed by atoms with E-state index in [4.69, 9.17) is 18.7 Å². The lowest BCUT2D eigenvalue weighted by Gasteiger charge is -2.34. The first kappa shape index (κ1) is 24.6. The lowest BCUT2D eigenvalue weighted by Crippen LogP contribution is -2.47. The minimum Gasteiger partial charge on any atom is -0.489 e. The third-order valence-corrected chi connectivity index (χ3v) is 7.25. The highest BCUT2D eigenvalue weighted by molar-refractivity contribution is 7.92. The highest BCUT2D eigenvalue weighted by Gasteiger charge is 2.41. The van der Waals surface area contributed by atoms with Gasteiger partial charge >= 0.3 is 5.97 Å². The van der Waals surface area contributed by atoms with Gasteiger partial charge in [-0.25, -0.2) is 4.79 Å². The quantitative estimate of drug-likeness (QED) is 0.425. The molecule has 2 aromatic heterocycles. The number of hydrogen-bond acceptors (Lipinski definition) is 9. The van der Waals surface area contributed by atoms with E-state index in [1.54, 1.807) is 52.1 Å². The molecule has 11 nitrogen and oxygen atoms in total. The Morgan fingerprint density at radius 1 is 1.20 bits per heavy atom. The number of carbonyl (C=O) groups excluding carboxylic acids is 1. The minimum absolute atomic E-state index is 0.136. The van der Waals surface area contributed by atoms with Crippen LogP contribution in [0.5, 0.6) is 11.5 Å². The summed E-state index contributed by atoms with van der Waals surface area (Å²) in [5.41, 5.74) is 2.38. The van der Waals surface area contributed by atoms with Crippen molar-refractivity contribution in [1.29, 1.82) is 0 Å². The Kier molecular flexibility index (Phi) is 6.75. The maximum atomic E-state index is 14.0. The molecule has 3 aromatic rings. The molecule has 0 bridgehead atoms. The molecule has 0 radical (unpaired) electrons. The number of ether oxygens (including phenoxy) is 3. The van der Waals surface area contributed by atoms with E-state index in [1.165, 1.54) is 4.68 Å². The van der Waals surface area contributed by atoms with Crippen molar-refractivity contribution in [3.8, 4) is 22.6 Å². The van der Waals surface area contributed by atoms with Gasteiger partial charge in [0.25, 0.3) is 10.0 Å². The predicted octanol–water partition coefficient (Wildman–Crippen LogP) is 3.09. The number of hydrogen-bond donors (Lipinski definition) is 0. The summed E-state index contributed by atoms with van der Waals surface area (Å²) in [6.07, 6.45) is 0.395. The van der Waals surface area contributed by atoms with Crippen LogP contribution in [0.15, 0.2) is 33.9 Å². The van der Waals surface area contributed by atoms with Gasteiger partial charge in [0.2, 0.25) is 11.1 Å². The molecule has 12 heteroatoms. The zero-order valence-corrected chi connectivity index (χ0v) is 21.1. The summed E-state index contributed by atoms with van der Waals surface area (Å²) in [6, 6.07) is 5.07. The molecule has 35 heavy (non-hydrogen) atoms. The van der Waals surface area contributed by atoms with Gasteiger partial charge in [0.15, 0.2) is 5.75 Å². The monoisotopic (exact) mass is 504 g/mol. The average molecular weight is 505 g/mol. The first-order valence-corrected chi connectivity index (χ1v) is 12.8. The lowest BCUT2D eigenvalue weighted by atomic mass is 10.0. The standard InChI is InChI=1S/C23H28N4O7S/c1-6-26-12-19(31-7-2)22(24-26)35(29,30)27-13-20(23(28)32-8-3)33-18-10-9-16(11-17(18)27)21-14(4)25-34-15(21)5/h9-12,20H,6-8,13H2,1-5H3. The van der Waals surface area contributed by atoms with Crippen LogP contribution in [0.3, 0.4) is 0 Å². The van der Waals surface area contributed by atoms with Gasteiger partial charge in [-0.2, -0.15) is 13.5 Å². The summed E-state index contributed by atoms with van der Waals surface area (Å²) >= 11 is 0. The Balaban J connectivity index is 1.87. The molecule has 188 valence electrons. The Labute approximate surface area is 203 Å². The Morgan fingerprint density at radius 3 is 2.60 bits per heavy atom. The van der Waals surface area contributed by atoms with Crippen molar-refractivity contribution in [2.45, 2.75) is 52.3 Å². The van der Waals surface area contributed by atoms with Gasteiger partial charge in [0, 0.05) is 12.1 Å². The molecular formula is C23H28N4O7S. The first-order chi connectivity index (χ1) is 16.7. The summed E-state index contributed by atoms with van der Waals surface area (Å²) in [6.45, 7) is 9.43. The molecule has 0 saturated carbocycles. The topological polar surface area (TPSA) is 126 Å². The van der Waals surface area contributed by atoms with E-state index in [2.05, 4.69) is 10.3 Å². The average Bonchev–Trinajstić information content (AvgIpc) is 3.41. The van der Waals surface area contributed by atoms with E-state index >= 15 is 0 Å². The third kappa shape index (κ3) is 4.45. The second kappa shape index (κ2) is 9.61. The van der Waals surface area contributed by atoms with Crippen LogP contribution < -0.4 is 13.8 Å². The summed E-state index contributed by atoms with van der Waals surface area (Å²) in [7, 11) is -4.26. The number of carbonyl (C=O) groups is 1. The fourth-order valence-corrected chi connectivity index (χ4v) is 5.49. The van der Waals surface area contributed by atoms with Crippen LogP contribution in [0.2, 0.25) is 0 Å². The van der Waals surface area contributed by atoms with E-state index in [-0.39, 0.29) is 42.0 Å². The molecule has 0 fully saturated rings. The highest BCUT2D eigenvalue weighted by Crippen LogP contribution is 2.42. The summed E-state index contributed by atoms with van der Waals surface area (Å²) in [4.78, 5) is 12.5. The molecule has 1 aliphatic rings. The van der Waals surface area contributed by atoms with Crippen molar-refractivity contribution in [2.75, 3.05) is 24.1 Å². The van der Waals surface area contributed by atoms with Crippen molar-refractivity contribution in [3.05, 3.63) is 35.9 Å². The smallest absolute Gasteiger partial charge is 0.349 e. The number of anilines is 1. The predicted molar refractivity (Wildman–Crippen MR) is 126 cm³/mol. The number of nitrogens with zero attached hydrogens (tertiary/aromatic N) is 4. The number of esters is 1. The number of benzene rings is 1. The summed E-state index contributed by atoms with van der Waals surface area (Å²) in [5.74, 6) is 0.300. The van der Waals surface area contributed by atoms with Crippen molar-refractivity contribution < 1.29 is 31.9 Å². The molecular weight excluding hydrogens is 476 g/mol. The second-order valence-corrected chi connectivity index (χ2v) is 9.64. The van der Waals surface area contributed by atoms with Gasteiger partial charge in [-0.15, -0.1) is 0 Å². The van der Waals surface area contributed by atoms with Gasteiger partial charge in [0.05, 0.1) is 37.3 Å². The molecule has 0 spiro atoms. The van der Waals surface area contributed by atoms with Crippen LogP contribution in [-0.2, 0) is 26.1 Å². The SMILES string of the molecule is CCOC(=O)C1CN(S(=O)(=O)c2nn(CC)cc2OCC)c2cc(-c3c(C)noc3C)ccc2O1. The van der Waals surface area contributed by atoms with E-state index < -0.39 is 22.1 Å². The van der Waals surface area contributed by atoms with Crippen molar-refractivity contribution >= 4 is 21.7 Å². The maximum Gasteiger partial charge on any atom is 0.349 e. The van der Waals surface area contributed by atoms with E-state index in [9.17, 15) is 13.2 Å². The van der Waals surface area contributed by atoms with Crippen molar-refractivity contribution in [1.82, 2.24) is 14.9 Å². The Morgan fingerprint density at radius 2 is 1.97 bits per heavy atom. The van der Waals surface area contributed by atoms with Crippen molar-refractivity contribution in [3.63, 3.8) is 0 Å². The van der Waals surface area contributed by atoms with Crippen LogP contribution >= 0.6 is 0 Å². The molecule has 0 amide bonds. The molecule has 1 aliphatic heterocycles. The second-order valence-electron chi connectivity index (χ2n) is 7.86. The van der Waals surface area contributed by atoms with E-state index in [0.29, 0.717) is 23.6 Å². The van der Waals surface area contributed by atoms with Gasteiger partial charge in [0.1, 0.15) is 11.5 Å². The molecule has 1 aromatic carbocycles. The normalized spacial score (nSPS) is 15.5. The lowest BCUT2D eigenvalue weighted by molar-refractivity contribution is -0.151. The number of fused-ring (bicyclic) bond motifs is 1. The number of sulfonamides is 1. The molecule has 0 N–H and O–H groups in total. The fraction of sp³-hybridized carbons (Fsp3) is 0.435. The number of rotatable bonds is 8. The van der Waals surface area contributed by atoms with Crippen LogP contribution in [0.25, 0.3) is 11.1 Å². The zero-order valence-electron chi connectivity index (χ0n) is 20.3. The molecule has 1 unspecified atom stereocenters. The largest absolute Gasteiger partial charge is 0.489 e. The van der Waals surface area contributed by atoms with Crippen LogP contribution in [0.4, 0.5) is 5.69 Å². The Hall–Kier alpha value is -3.54. The fourth-order valence-electron chi connectivity index (χ4n) is 3.97. The Bertz CT molecular complexity index is 1330. The number of aromatic nitrogens is 3. The molecule has 0 aliphatic carbocycles. The van der Waals surface area contributed by atoms with E-state index in [1.807, 2.05) is 6.92 Å². The third-order valence-electron chi connectivity index (χ3n) is 5.55. The van der Waals surface area contributed by atoms with Gasteiger partial charge in [-0.3, -0.25) is 8.99 Å². The molecule has 0 saturated heterocycles. The van der Waals surface area contributed by atoms with Crippen LogP contribution in [0.1, 0.15) is 32.2 Å². The van der Waals surface area contributed by atoms with Gasteiger partial charge < -0.3 is 18.7 Å². The van der Waals surface area contributed by atoms with E-state index in [0.717, 1.165) is 9.87 Å². The first-order valence-electron chi connectivity index (χ1n) is 11.3. The molecule has 3 heterocycles. The van der Waals surface area contributed by atoms with Crippen LogP contribution in [-0.4, -0.2) is 55.2 Å². The van der Waals surface area contributed by atoms with Gasteiger partial charge in [-0.1, -0.05) is 11.2 Å². The van der Waals surface area contributed by atoms with Crippen molar-refractivity contribution in [2.24, 2.45) is 0 Å². The van der Waals surface area contributed by atoms with Crippen LogP contribution in [0, 0.1) is 13.8 Å². The molecule has 1 atom stereocenters.